The lowest BCUT2D eigenvalue weighted by molar-refractivity contribution is -0.142. The molecule has 0 radical (unpaired) electrons. The van der Waals surface area contributed by atoms with Gasteiger partial charge in [-0.05, 0) is 42.9 Å². The number of anilines is 1. The highest BCUT2D eigenvalue weighted by Crippen LogP contribution is 2.21. The first-order chi connectivity index (χ1) is 12.6. The highest BCUT2D eigenvalue weighted by molar-refractivity contribution is 5.89. The highest BCUT2D eigenvalue weighted by atomic mass is 16.5. The van der Waals surface area contributed by atoms with E-state index in [1.807, 2.05) is 17.0 Å². The second-order valence-corrected chi connectivity index (χ2v) is 7.18. The maximum absolute atomic E-state index is 12.5. The molecule has 0 aliphatic carbocycles. The van der Waals surface area contributed by atoms with Crippen molar-refractivity contribution in [3.05, 3.63) is 29.8 Å². The Kier molecular flexibility index (Phi) is 6.14. The lowest BCUT2D eigenvalue weighted by Gasteiger charge is -2.35. The number of hydrogen-bond acceptors (Lipinski definition) is 3. The minimum absolute atomic E-state index is 0.0724. The third-order valence-corrected chi connectivity index (χ3v) is 5.43. The zero-order valence-corrected chi connectivity index (χ0v) is 15.7. The van der Waals surface area contributed by atoms with Gasteiger partial charge < -0.3 is 19.9 Å². The summed E-state index contributed by atoms with van der Waals surface area (Å²) in [6.07, 6.45) is 2.58. The number of nitrogens with zero attached hydrogens (tertiary/aromatic N) is 2. The third kappa shape index (κ3) is 4.36. The number of nitrogens with one attached hydrogen (secondary N) is 1. The predicted octanol–water partition coefficient (Wildman–Crippen LogP) is 3.06. The van der Waals surface area contributed by atoms with E-state index < -0.39 is 0 Å². The fraction of sp³-hybridized carbons (Fsp3) is 0.600. The lowest BCUT2D eigenvalue weighted by atomic mass is 9.99. The molecule has 6 nitrogen and oxygen atoms in total. The van der Waals surface area contributed by atoms with Crippen LogP contribution in [0.25, 0.3) is 0 Å². The SMILES string of the molecule is CC[C@H](C)c1ccc(NC(=O)N2CCN(C(=O)[C@@H]3CCCO3)CC2)cc1. The van der Waals surface area contributed by atoms with E-state index >= 15 is 0 Å². The number of ether oxygens (including phenoxy) is 1. The van der Waals surface area contributed by atoms with E-state index in [1.54, 1.807) is 4.90 Å². The largest absolute Gasteiger partial charge is 0.368 e. The summed E-state index contributed by atoms with van der Waals surface area (Å²) in [5, 5.41) is 2.95. The Morgan fingerprint density at radius 3 is 2.38 bits per heavy atom. The van der Waals surface area contributed by atoms with Gasteiger partial charge in [0.15, 0.2) is 0 Å². The van der Waals surface area contributed by atoms with Crippen LogP contribution in [0.4, 0.5) is 10.5 Å². The van der Waals surface area contributed by atoms with Gasteiger partial charge in [-0.15, -0.1) is 0 Å². The topological polar surface area (TPSA) is 61.9 Å². The molecule has 142 valence electrons. The van der Waals surface area contributed by atoms with Crippen molar-refractivity contribution in [2.75, 3.05) is 38.1 Å². The minimum Gasteiger partial charge on any atom is -0.368 e. The summed E-state index contributed by atoms with van der Waals surface area (Å²) in [5.74, 6) is 0.595. The van der Waals surface area contributed by atoms with E-state index in [9.17, 15) is 9.59 Å². The molecule has 1 aromatic rings. The number of benzene rings is 1. The molecular formula is C20H29N3O3. The Morgan fingerprint density at radius 1 is 1.15 bits per heavy atom. The molecule has 1 N–H and O–H groups in total. The molecule has 3 rings (SSSR count). The van der Waals surface area contributed by atoms with Crippen molar-refractivity contribution in [3.8, 4) is 0 Å². The molecule has 2 aliphatic rings. The van der Waals surface area contributed by atoms with Crippen molar-refractivity contribution in [2.24, 2.45) is 0 Å². The van der Waals surface area contributed by atoms with Crippen LogP contribution in [0.15, 0.2) is 24.3 Å². The van der Waals surface area contributed by atoms with Gasteiger partial charge in [-0.2, -0.15) is 0 Å². The van der Waals surface area contributed by atoms with Crippen LogP contribution >= 0.6 is 0 Å². The van der Waals surface area contributed by atoms with Gasteiger partial charge in [-0.3, -0.25) is 4.79 Å². The van der Waals surface area contributed by atoms with E-state index in [0.717, 1.165) is 24.9 Å². The van der Waals surface area contributed by atoms with E-state index in [1.165, 1.54) is 5.56 Å². The Balaban J connectivity index is 1.48. The van der Waals surface area contributed by atoms with Gasteiger partial charge in [0.1, 0.15) is 6.10 Å². The molecule has 0 saturated carbocycles. The smallest absolute Gasteiger partial charge is 0.321 e. The molecule has 2 heterocycles. The van der Waals surface area contributed by atoms with Gasteiger partial charge in [0, 0.05) is 38.5 Å². The number of urea groups is 1. The Hall–Kier alpha value is -2.08. The molecule has 0 bridgehead atoms. The number of amides is 3. The summed E-state index contributed by atoms with van der Waals surface area (Å²) in [5.41, 5.74) is 2.09. The summed E-state index contributed by atoms with van der Waals surface area (Å²) in [7, 11) is 0. The molecule has 2 fully saturated rings. The van der Waals surface area contributed by atoms with Crippen LogP contribution in [-0.4, -0.2) is 60.6 Å². The van der Waals surface area contributed by atoms with E-state index in [4.69, 9.17) is 4.74 Å². The van der Waals surface area contributed by atoms with E-state index in [-0.39, 0.29) is 18.0 Å². The van der Waals surface area contributed by atoms with Crippen molar-refractivity contribution in [1.29, 1.82) is 0 Å². The predicted molar refractivity (Wildman–Crippen MR) is 101 cm³/mol. The van der Waals surface area contributed by atoms with Crippen LogP contribution in [-0.2, 0) is 9.53 Å². The molecule has 1 aromatic carbocycles. The maximum Gasteiger partial charge on any atom is 0.321 e. The number of carbonyl (C=O) groups is 2. The van der Waals surface area contributed by atoms with Gasteiger partial charge in [0.05, 0.1) is 0 Å². The van der Waals surface area contributed by atoms with Crippen LogP contribution in [0.5, 0.6) is 0 Å². The molecule has 0 aromatic heterocycles. The molecule has 3 amide bonds. The average molecular weight is 359 g/mol. The first-order valence-electron chi connectivity index (χ1n) is 9.64. The van der Waals surface area contributed by atoms with Crippen molar-refractivity contribution in [2.45, 2.75) is 45.1 Å². The normalized spacial score (nSPS) is 21.5. The molecule has 6 heteroatoms. The summed E-state index contributed by atoms with van der Waals surface area (Å²) < 4.78 is 5.47. The number of rotatable bonds is 4. The fourth-order valence-corrected chi connectivity index (χ4v) is 3.44. The van der Waals surface area contributed by atoms with E-state index in [0.29, 0.717) is 38.7 Å². The fourth-order valence-electron chi connectivity index (χ4n) is 3.44. The van der Waals surface area contributed by atoms with Crippen LogP contribution in [0.2, 0.25) is 0 Å². The molecule has 2 aliphatic heterocycles. The van der Waals surface area contributed by atoms with Crippen LogP contribution in [0.1, 0.15) is 44.6 Å². The quantitative estimate of drug-likeness (QED) is 0.899. The monoisotopic (exact) mass is 359 g/mol. The second-order valence-electron chi connectivity index (χ2n) is 7.18. The second kappa shape index (κ2) is 8.54. The van der Waals surface area contributed by atoms with Gasteiger partial charge in [-0.25, -0.2) is 4.79 Å². The van der Waals surface area contributed by atoms with Crippen molar-refractivity contribution >= 4 is 17.6 Å². The average Bonchev–Trinajstić information content (AvgIpc) is 3.22. The van der Waals surface area contributed by atoms with Crippen molar-refractivity contribution < 1.29 is 14.3 Å². The summed E-state index contributed by atoms with van der Waals surface area (Å²) in [6.45, 7) is 7.28. The first kappa shape index (κ1) is 18.7. The summed E-state index contributed by atoms with van der Waals surface area (Å²) in [4.78, 5) is 28.4. The molecule has 26 heavy (non-hydrogen) atoms. The Morgan fingerprint density at radius 2 is 1.81 bits per heavy atom. The maximum atomic E-state index is 12.5. The van der Waals surface area contributed by atoms with Crippen molar-refractivity contribution in [1.82, 2.24) is 9.80 Å². The zero-order chi connectivity index (χ0) is 18.5. The molecular weight excluding hydrogens is 330 g/mol. The highest BCUT2D eigenvalue weighted by Gasteiger charge is 2.31. The first-order valence-corrected chi connectivity index (χ1v) is 9.64. The lowest BCUT2D eigenvalue weighted by Crippen LogP contribution is -2.53. The zero-order valence-electron chi connectivity index (χ0n) is 15.7. The number of piperazine rings is 1. The van der Waals surface area contributed by atoms with Gasteiger partial charge in [0.2, 0.25) is 0 Å². The minimum atomic E-state index is -0.278. The number of hydrogen-bond donors (Lipinski definition) is 1. The summed E-state index contributed by atoms with van der Waals surface area (Å²) >= 11 is 0. The molecule has 0 spiro atoms. The molecule has 2 saturated heterocycles. The Labute approximate surface area is 155 Å². The third-order valence-electron chi connectivity index (χ3n) is 5.43. The number of carbonyl (C=O) groups excluding carboxylic acids is 2. The Bertz CT molecular complexity index is 618. The van der Waals surface area contributed by atoms with E-state index in [2.05, 4.69) is 31.3 Å². The standard InChI is InChI=1S/C20H29N3O3/c1-3-15(2)16-6-8-17(9-7-16)21-20(25)23-12-10-22(11-13-23)19(24)18-5-4-14-26-18/h6-9,15,18H,3-5,10-14H2,1-2H3,(H,21,25)/t15-,18-/m0/s1. The van der Waals surface area contributed by atoms with Crippen LogP contribution < -0.4 is 5.32 Å². The van der Waals surface area contributed by atoms with Gasteiger partial charge in [0.25, 0.3) is 5.91 Å². The van der Waals surface area contributed by atoms with Gasteiger partial charge in [-0.1, -0.05) is 26.0 Å². The van der Waals surface area contributed by atoms with Gasteiger partial charge >= 0.3 is 6.03 Å². The molecule has 0 unspecified atom stereocenters. The molecule has 2 atom stereocenters. The van der Waals surface area contributed by atoms with Crippen molar-refractivity contribution in [3.63, 3.8) is 0 Å². The summed E-state index contributed by atoms with van der Waals surface area (Å²) in [6, 6.07) is 7.95. The van der Waals surface area contributed by atoms with Crippen LogP contribution in [0.3, 0.4) is 0 Å². The van der Waals surface area contributed by atoms with Crippen LogP contribution in [0, 0.1) is 0 Å².